The fraction of sp³-hybridized carbons (Fsp3) is 0.838. The Morgan fingerprint density at radius 2 is 1.72 bits per heavy atom. The summed E-state index contributed by atoms with van der Waals surface area (Å²) in [5.74, 6) is -2.69. The molecule has 284 valence electrons. The van der Waals surface area contributed by atoms with Crippen molar-refractivity contribution < 1.29 is 57.8 Å². The standard InChI is InChI=1S/C37H59NO12/c1-10-28-21(4)35-37(7,50-35)15-13-25(40)19(2)17-24(14-16-39)33(20(3)27(42)18-29(43)47-28)49-36-32(44)31(38(8)9)34(23(6)46-36)48-30-12-11-26(41)22(5)45-30/h13,15-16,19-24,27-28,30-36,42,44H,10-12,14,17-18H2,1-9H3/b15-13+/t19-,20+,21-,22?,23-,24+,27-,28-,30?,31-,32-,33?,34-,35+,36+,37+/m1/s1. The van der Waals surface area contributed by atoms with Crippen molar-refractivity contribution >= 4 is 23.8 Å². The summed E-state index contributed by atoms with van der Waals surface area (Å²) in [6.45, 7) is 12.7. The van der Waals surface area contributed by atoms with E-state index in [2.05, 4.69) is 0 Å². The van der Waals surface area contributed by atoms with Gasteiger partial charge in [-0.2, -0.15) is 0 Å². The number of Topliss-reactive ketones (excluding diaryl/α,β-unsaturated/α-hetero) is 1. The number of aldehydes is 1. The second kappa shape index (κ2) is 17.2. The van der Waals surface area contributed by atoms with Gasteiger partial charge in [-0.15, -0.1) is 0 Å². The number of aliphatic hydroxyl groups excluding tert-OH is 2. The first-order valence-electron chi connectivity index (χ1n) is 18.2. The summed E-state index contributed by atoms with van der Waals surface area (Å²) in [6.07, 6.45) is -2.63. The summed E-state index contributed by atoms with van der Waals surface area (Å²) in [4.78, 5) is 52.5. The lowest BCUT2D eigenvalue weighted by atomic mass is 9.79. The third kappa shape index (κ3) is 9.46. The minimum atomic E-state index is -1.25. The van der Waals surface area contributed by atoms with Gasteiger partial charge in [0.15, 0.2) is 24.1 Å². The van der Waals surface area contributed by atoms with Gasteiger partial charge in [0.1, 0.15) is 36.3 Å². The maximum Gasteiger partial charge on any atom is 0.308 e. The largest absolute Gasteiger partial charge is 0.462 e. The van der Waals surface area contributed by atoms with Crippen molar-refractivity contribution in [3.8, 4) is 0 Å². The Morgan fingerprint density at radius 3 is 2.34 bits per heavy atom. The maximum atomic E-state index is 13.4. The molecule has 3 fully saturated rings. The molecule has 0 aliphatic carbocycles. The molecule has 2 N–H and O–H groups in total. The number of ketones is 2. The number of carbonyl (C=O) groups excluding carboxylic acids is 4. The normalized spacial score (nSPS) is 45.8. The van der Waals surface area contributed by atoms with Crippen LogP contribution in [0.5, 0.6) is 0 Å². The van der Waals surface area contributed by atoms with Crippen LogP contribution in [0.15, 0.2) is 12.2 Å². The number of cyclic esters (lactones) is 1. The number of fused-ring (bicyclic) bond motifs is 1. The average Bonchev–Trinajstić information content (AvgIpc) is 3.74. The third-order valence-electron chi connectivity index (χ3n) is 11.1. The van der Waals surface area contributed by atoms with Crippen LogP contribution >= 0.6 is 0 Å². The molecule has 16 atom stereocenters. The van der Waals surface area contributed by atoms with Crippen LogP contribution in [0, 0.1) is 23.7 Å². The minimum Gasteiger partial charge on any atom is -0.462 e. The lowest BCUT2D eigenvalue weighted by Crippen LogP contribution is -2.64. The Kier molecular flexibility index (Phi) is 14.0. The summed E-state index contributed by atoms with van der Waals surface area (Å²) in [6, 6.07) is -0.625. The lowest BCUT2D eigenvalue weighted by Gasteiger charge is -2.49. The number of carbonyl (C=O) groups is 4. The van der Waals surface area contributed by atoms with Crippen LogP contribution in [-0.4, -0.2) is 126 Å². The molecule has 13 nitrogen and oxygen atoms in total. The highest BCUT2D eigenvalue weighted by Gasteiger charge is 2.55. The van der Waals surface area contributed by atoms with Gasteiger partial charge in [-0.3, -0.25) is 14.4 Å². The van der Waals surface area contributed by atoms with Crippen molar-refractivity contribution in [1.82, 2.24) is 4.90 Å². The summed E-state index contributed by atoms with van der Waals surface area (Å²) in [5.41, 5.74) is -0.679. The molecule has 13 heteroatoms. The number of allylic oxidation sites excluding steroid dienone is 1. The molecule has 0 bridgehead atoms. The molecule has 3 saturated heterocycles. The Bertz CT molecular complexity index is 1230. The van der Waals surface area contributed by atoms with E-state index in [-0.39, 0.29) is 42.9 Å². The molecule has 4 aliphatic heterocycles. The SMILES string of the molecule is CC[C@H]1OC(=O)C[C@@H](O)[C@H](C)C(O[C@@H]2O[C@H](C)[C@@H](OC3CCC(=O)C(C)O3)[C@H](N(C)C)[C@H]2O)[C@@H](CC=O)C[C@@H](C)C(=O)/C=C/[C@]2(C)O[C@H]2[C@@H]1C. The van der Waals surface area contributed by atoms with Gasteiger partial charge in [0.25, 0.3) is 0 Å². The van der Waals surface area contributed by atoms with E-state index < -0.39 is 90.7 Å². The van der Waals surface area contributed by atoms with Crippen molar-refractivity contribution in [2.24, 2.45) is 23.7 Å². The van der Waals surface area contributed by atoms with Crippen LogP contribution in [0.2, 0.25) is 0 Å². The number of aliphatic hydroxyl groups is 2. The van der Waals surface area contributed by atoms with Gasteiger partial charge in [-0.1, -0.05) is 27.7 Å². The maximum absolute atomic E-state index is 13.4. The second-order valence-electron chi connectivity index (χ2n) is 15.3. The highest BCUT2D eigenvalue weighted by atomic mass is 16.7. The summed E-state index contributed by atoms with van der Waals surface area (Å²) < 4.78 is 36.8. The predicted octanol–water partition coefficient (Wildman–Crippen LogP) is 2.76. The monoisotopic (exact) mass is 709 g/mol. The third-order valence-corrected chi connectivity index (χ3v) is 11.1. The Morgan fingerprint density at radius 1 is 1.02 bits per heavy atom. The van der Waals surface area contributed by atoms with Crippen LogP contribution in [-0.2, 0) is 47.6 Å². The van der Waals surface area contributed by atoms with Gasteiger partial charge < -0.3 is 48.3 Å². The number of rotatable bonds is 8. The van der Waals surface area contributed by atoms with E-state index in [9.17, 15) is 29.4 Å². The zero-order chi connectivity index (χ0) is 37.1. The van der Waals surface area contributed by atoms with E-state index >= 15 is 0 Å². The molecule has 0 spiro atoms. The number of likely N-dealkylation sites (N-methyl/N-ethyl adjacent to an activating group) is 1. The van der Waals surface area contributed by atoms with Crippen LogP contribution < -0.4 is 0 Å². The summed E-state index contributed by atoms with van der Waals surface area (Å²) in [5, 5.41) is 23.2. The van der Waals surface area contributed by atoms with Gasteiger partial charge in [-0.05, 0) is 65.8 Å². The predicted molar refractivity (Wildman–Crippen MR) is 181 cm³/mol. The van der Waals surface area contributed by atoms with E-state index in [4.69, 9.17) is 28.4 Å². The topological polar surface area (TPSA) is 171 Å². The zero-order valence-corrected chi connectivity index (χ0v) is 31.1. The number of esters is 1. The molecular weight excluding hydrogens is 650 g/mol. The van der Waals surface area contributed by atoms with E-state index in [1.807, 2.05) is 25.7 Å². The Balaban J connectivity index is 1.61. The molecule has 0 amide bonds. The van der Waals surface area contributed by atoms with E-state index in [1.165, 1.54) is 6.08 Å². The fourth-order valence-corrected chi connectivity index (χ4v) is 7.86. The molecule has 0 aromatic carbocycles. The van der Waals surface area contributed by atoms with Gasteiger partial charge in [-0.25, -0.2) is 0 Å². The molecule has 4 rings (SSSR count). The first-order valence-corrected chi connectivity index (χ1v) is 18.2. The molecule has 0 aromatic heterocycles. The number of hydrogen-bond donors (Lipinski definition) is 2. The molecule has 50 heavy (non-hydrogen) atoms. The number of nitrogens with zero attached hydrogens (tertiary/aromatic N) is 1. The number of hydrogen-bond acceptors (Lipinski definition) is 13. The average molecular weight is 710 g/mol. The summed E-state index contributed by atoms with van der Waals surface area (Å²) in [7, 11) is 3.60. The highest BCUT2D eigenvalue weighted by Crippen LogP contribution is 2.45. The Hall–Kier alpha value is -2.10. The van der Waals surface area contributed by atoms with Gasteiger partial charge >= 0.3 is 5.97 Å². The minimum absolute atomic E-state index is 0.00295. The number of epoxide rings is 1. The molecule has 4 heterocycles. The van der Waals surface area contributed by atoms with Crippen molar-refractivity contribution in [3.05, 3.63) is 12.2 Å². The number of ether oxygens (including phenoxy) is 6. The first kappa shape index (κ1) is 40.7. The molecule has 4 aliphatic rings. The molecular formula is C37H59NO12. The molecule has 0 saturated carbocycles. The molecule has 0 aromatic rings. The fourth-order valence-electron chi connectivity index (χ4n) is 7.86. The van der Waals surface area contributed by atoms with Crippen molar-refractivity contribution in [1.29, 1.82) is 0 Å². The Labute approximate surface area is 296 Å². The van der Waals surface area contributed by atoms with Crippen molar-refractivity contribution in [2.45, 2.75) is 160 Å². The lowest BCUT2D eigenvalue weighted by molar-refractivity contribution is -0.327. The highest BCUT2D eigenvalue weighted by molar-refractivity contribution is 5.91. The van der Waals surface area contributed by atoms with Gasteiger partial charge in [0.05, 0.1) is 36.9 Å². The van der Waals surface area contributed by atoms with Crippen LogP contribution in [0.25, 0.3) is 0 Å². The van der Waals surface area contributed by atoms with Crippen LogP contribution in [0.3, 0.4) is 0 Å². The van der Waals surface area contributed by atoms with E-state index in [0.717, 1.165) is 6.29 Å². The summed E-state index contributed by atoms with van der Waals surface area (Å²) >= 11 is 0. The van der Waals surface area contributed by atoms with E-state index in [1.54, 1.807) is 47.9 Å². The second-order valence-corrected chi connectivity index (χ2v) is 15.3. The van der Waals surface area contributed by atoms with Crippen molar-refractivity contribution in [2.75, 3.05) is 14.1 Å². The van der Waals surface area contributed by atoms with Gasteiger partial charge in [0, 0.05) is 37.0 Å². The van der Waals surface area contributed by atoms with Gasteiger partial charge in [0.2, 0.25) is 0 Å². The van der Waals surface area contributed by atoms with Crippen LogP contribution in [0.1, 0.15) is 87.0 Å². The first-order chi connectivity index (χ1) is 23.5. The van der Waals surface area contributed by atoms with Crippen LogP contribution in [0.4, 0.5) is 0 Å². The quantitative estimate of drug-likeness (QED) is 0.215. The molecule has 0 radical (unpaired) electrons. The zero-order valence-electron chi connectivity index (χ0n) is 31.1. The smallest absolute Gasteiger partial charge is 0.308 e. The van der Waals surface area contributed by atoms with Crippen molar-refractivity contribution in [3.63, 3.8) is 0 Å². The van der Waals surface area contributed by atoms with E-state index in [0.29, 0.717) is 19.3 Å². The molecule has 3 unspecified atom stereocenters.